The predicted molar refractivity (Wildman–Crippen MR) is 92.0 cm³/mol. The van der Waals surface area contributed by atoms with Crippen LogP contribution in [0.5, 0.6) is 0 Å². The minimum Gasteiger partial charge on any atom is -0.373 e. The summed E-state index contributed by atoms with van der Waals surface area (Å²) in [5.74, 6) is -1.69. The highest BCUT2D eigenvalue weighted by Gasteiger charge is 2.26. The molecule has 0 unspecified atom stereocenters. The molecule has 0 atom stereocenters. The van der Waals surface area contributed by atoms with E-state index in [-0.39, 0.29) is 24.4 Å². The van der Waals surface area contributed by atoms with Gasteiger partial charge < -0.3 is 4.74 Å². The molecular weight excluding hydrogens is 325 g/mol. The summed E-state index contributed by atoms with van der Waals surface area (Å²) in [5, 5.41) is 0. The summed E-state index contributed by atoms with van der Waals surface area (Å²) >= 11 is 0. The highest BCUT2D eigenvalue weighted by atomic mass is 19.2. The maximum absolute atomic E-state index is 14.1. The molecule has 1 aliphatic carbocycles. The van der Waals surface area contributed by atoms with E-state index in [0.717, 1.165) is 31.2 Å². The molecule has 0 aliphatic heterocycles. The normalized spacial score (nSPS) is 20.7. The molecule has 1 fully saturated rings. The fraction of sp³-hybridized carbons (Fsp3) is 0.429. The summed E-state index contributed by atoms with van der Waals surface area (Å²) in [6.45, 7) is 3.66. The fourth-order valence-corrected chi connectivity index (χ4v) is 3.49. The number of hydrogen-bond acceptors (Lipinski definition) is 1. The van der Waals surface area contributed by atoms with Gasteiger partial charge in [-0.1, -0.05) is 24.3 Å². The smallest absolute Gasteiger partial charge is 0.162 e. The standard InChI is InChI=1S/C21H23F3O/c1-13-3-5-16(19(22)11-13)12-25-17-8-6-15(7-9-17)18-10-4-14(2)20(23)21(18)24/h3-5,10-11,15,17H,6-9,12H2,1-2H3. The van der Waals surface area contributed by atoms with Crippen molar-refractivity contribution >= 4 is 0 Å². The topological polar surface area (TPSA) is 9.23 Å². The lowest BCUT2D eigenvalue weighted by Gasteiger charge is -2.29. The first kappa shape index (κ1) is 18.0. The number of rotatable bonds is 4. The Labute approximate surface area is 146 Å². The Morgan fingerprint density at radius 3 is 2.32 bits per heavy atom. The van der Waals surface area contributed by atoms with E-state index >= 15 is 0 Å². The first-order valence-electron chi connectivity index (χ1n) is 8.77. The SMILES string of the molecule is Cc1ccc(COC2CCC(c3ccc(C)c(F)c3F)CC2)c(F)c1. The van der Waals surface area contributed by atoms with Crippen LogP contribution in [0.25, 0.3) is 0 Å². The van der Waals surface area contributed by atoms with Gasteiger partial charge in [-0.3, -0.25) is 0 Å². The lowest BCUT2D eigenvalue weighted by molar-refractivity contribution is 0.0119. The van der Waals surface area contributed by atoms with Crippen molar-refractivity contribution in [2.45, 2.75) is 58.2 Å². The third-order valence-corrected chi connectivity index (χ3v) is 5.10. The second kappa shape index (κ2) is 7.61. The summed E-state index contributed by atoms with van der Waals surface area (Å²) in [7, 11) is 0. The average molecular weight is 348 g/mol. The Kier molecular flexibility index (Phi) is 5.48. The molecule has 0 radical (unpaired) electrons. The second-order valence-electron chi connectivity index (χ2n) is 6.98. The lowest BCUT2D eigenvalue weighted by atomic mass is 9.82. The van der Waals surface area contributed by atoms with Crippen LogP contribution in [0.1, 0.15) is 53.9 Å². The monoisotopic (exact) mass is 348 g/mol. The molecule has 2 aromatic carbocycles. The number of hydrogen-bond donors (Lipinski definition) is 0. The van der Waals surface area contributed by atoms with Crippen LogP contribution in [-0.4, -0.2) is 6.10 Å². The summed E-state index contributed by atoms with van der Waals surface area (Å²) in [6, 6.07) is 8.45. The van der Waals surface area contributed by atoms with Crippen LogP contribution in [0.15, 0.2) is 30.3 Å². The zero-order valence-corrected chi connectivity index (χ0v) is 14.6. The van der Waals surface area contributed by atoms with E-state index in [1.165, 1.54) is 6.07 Å². The first-order valence-corrected chi connectivity index (χ1v) is 8.77. The number of aryl methyl sites for hydroxylation is 2. The molecular formula is C21H23F3O. The molecule has 0 amide bonds. The van der Waals surface area contributed by atoms with Crippen molar-refractivity contribution < 1.29 is 17.9 Å². The third-order valence-electron chi connectivity index (χ3n) is 5.10. The van der Waals surface area contributed by atoms with Gasteiger partial charge in [0.15, 0.2) is 11.6 Å². The molecule has 134 valence electrons. The van der Waals surface area contributed by atoms with Gasteiger partial charge in [-0.25, -0.2) is 13.2 Å². The van der Waals surface area contributed by atoms with E-state index in [1.54, 1.807) is 25.1 Å². The van der Waals surface area contributed by atoms with Crippen LogP contribution in [-0.2, 0) is 11.3 Å². The van der Waals surface area contributed by atoms with Gasteiger partial charge in [0.25, 0.3) is 0 Å². The number of ether oxygens (including phenoxy) is 1. The molecule has 0 saturated heterocycles. The van der Waals surface area contributed by atoms with Crippen molar-refractivity contribution in [2.24, 2.45) is 0 Å². The molecule has 0 bridgehead atoms. The quantitative estimate of drug-likeness (QED) is 0.662. The molecule has 3 rings (SSSR count). The maximum Gasteiger partial charge on any atom is 0.162 e. The van der Waals surface area contributed by atoms with Crippen LogP contribution in [0.4, 0.5) is 13.2 Å². The van der Waals surface area contributed by atoms with E-state index in [9.17, 15) is 13.2 Å². The van der Waals surface area contributed by atoms with Gasteiger partial charge in [0.2, 0.25) is 0 Å². The molecule has 4 heteroatoms. The molecule has 0 spiro atoms. The van der Waals surface area contributed by atoms with Crippen molar-refractivity contribution in [3.8, 4) is 0 Å². The number of halogens is 3. The highest BCUT2D eigenvalue weighted by molar-refractivity contribution is 5.28. The molecule has 2 aromatic rings. The fourth-order valence-electron chi connectivity index (χ4n) is 3.49. The Hall–Kier alpha value is -1.81. The van der Waals surface area contributed by atoms with E-state index in [4.69, 9.17) is 4.74 Å². The van der Waals surface area contributed by atoms with Crippen molar-refractivity contribution in [1.29, 1.82) is 0 Å². The summed E-state index contributed by atoms with van der Waals surface area (Å²) < 4.78 is 47.6. The summed E-state index contributed by atoms with van der Waals surface area (Å²) in [5.41, 5.74) is 2.23. The van der Waals surface area contributed by atoms with Crippen molar-refractivity contribution in [2.75, 3.05) is 0 Å². The van der Waals surface area contributed by atoms with Crippen LogP contribution in [0.3, 0.4) is 0 Å². The zero-order chi connectivity index (χ0) is 18.0. The predicted octanol–water partition coefficient (Wildman–Crippen LogP) is 5.96. The van der Waals surface area contributed by atoms with E-state index in [1.807, 2.05) is 13.0 Å². The van der Waals surface area contributed by atoms with Gasteiger partial charge in [-0.05, 0) is 68.2 Å². The van der Waals surface area contributed by atoms with E-state index in [0.29, 0.717) is 16.7 Å². The maximum atomic E-state index is 14.1. The minimum absolute atomic E-state index is 0.0195. The Balaban J connectivity index is 1.56. The molecule has 1 saturated carbocycles. The molecule has 0 aromatic heterocycles. The molecule has 1 aliphatic rings. The molecule has 0 N–H and O–H groups in total. The first-order chi connectivity index (χ1) is 12.0. The Bertz CT molecular complexity index is 749. The number of benzene rings is 2. The van der Waals surface area contributed by atoms with E-state index in [2.05, 4.69) is 0 Å². The van der Waals surface area contributed by atoms with Crippen molar-refractivity contribution in [3.05, 3.63) is 70.0 Å². The van der Waals surface area contributed by atoms with Crippen LogP contribution in [0, 0.1) is 31.3 Å². The molecule has 0 heterocycles. The Morgan fingerprint density at radius 2 is 1.64 bits per heavy atom. The lowest BCUT2D eigenvalue weighted by Crippen LogP contribution is -2.21. The Morgan fingerprint density at radius 1 is 0.920 bits per heavy atom. The minimum atomic E-state index is -0.745. The summed E-state index contributed by atoms with van der Waals surface area (Å²) in [4.78, 5) is 0. The molecule has 25 heavy (non-hydrogen) atoms. The van der Waals surface area contributed by atoms with Gasteiger partial charge in [0.05, 0.1) is 12.7 Å². The third kappa shape index (κ3) is 4.06. The van der Waals surface area contributed by atoms with Crippen molar-refractivity contribution in [1.82, 2.24) is 0 Å². The zero-order valence-electron chi connectivity index (χ0n) is 14.6. The van der Waals surface area contributed by atoms with Crippen LogP contribution < -0.4 is 0 Å². The van der Waals surface area contributed by atoms with Gasteiger partial charge in [-0.15, -0.1) is 0 Å². The second-order valence-corrected chi connectivity index (χ2v) is 6.98. The van der Waals surface area contributed by atoms with Gasteiger partial charge in [0, 0.05) is 5.56 Å². The van der Waals surface area contributed by atoms with Gasteiger partial charge >= 0.3 is 0 Å². The molecule has 1 nitrogen and oxygen atoms in total. The van der Waals surface area contributed by atoms with Gasteiger partial charge in [0.1, 0.15) is 5.82 Å². The summed E-state index contributed by atoms with van der Waals surface area (Å²) in [6.07, 6.45) is 3.08. The highest BCUT2D eigenvalue weighted by Crippen LogP contribution is 2.36. The van der Waals surface area contributed by atoms with Crippen LogP contribution >= 0.6 is 0 Å². The van der Waals surface area contributed by atoms with Crippen LogP contribution in [0.2, 0.25) is 0 Å². The van der Waals surface area contributed by atoms with Gasteiger partial charge in [-0.2, -0.15) is 0 Å². The largest absolute Gasteiger partial charge is 0.373 e. The average Bonchev–Trinajstić information content (AvgIpc) is 2.60. The van der Waals surface area contributed by atoms with E-state index < -0.39 is 11.6 Å². The van der Waals surface area contributed by atoms with Crippen molar-refractivity contribution in [3.63, 3.8) is 0 Å².